The Labute approximate surface area is 140 Å². The molecule has 0 N–H and O–H groups in total. The van der Waals surface area contributed by atoms with Crippen LogP contribution in [0.15, 0.2) is 71.7 Å². The summed E-state index contributed by atoms with van der Waals surface area (Å²) >= 11 is 4.51. The summed E-state index contributed by atoms with van der Waals surface area (Å²) in [6, 6.07) is 21.4. The van der Waals surface area contributed by atoms with Crippen LogP contribution in [0, 0.1) is 12.7 Å². The van der Waals surface area contributed by atoms with E-state index in [1.807, 2.05) is 30.3 Å². The number of benzene rings is 3. The second kappa shape index (κ2) is 6.66. The van der Waals surface area contributed by atoms with E-state index in [1.165, 1.54) is 17.2 Å². The van der Waals surface area contributed by atoms with Crippen molar-refractivity contribution in [3.05, 3.63) is 78.1 Å². The van der Waals surface area contributed by atoms with E-state index in [2.05, 4.69) is 53.6 Å². The summed E-state index contributed by atoms with van der Waals surface area (Å²) < 4.78 is 13.9. The number of halogens is 1. The van der Waals surface area contributed by atoms with Crippen LogP contribution in [0.3, 0.4) is 0 Å². The highest BCUT2D eigenvalue weighted by atomic mass is 32.1. The maximum Gasteiger partial charge on any atom is 0.150 e. The molecule has 112 valence electrons. The summed E-state index contributed by atoms with van der Waals surface area (Å²) in [7, 11) is 0. The van der Waals surface area contributed by atoms with E-state index < -0.39 is 5.82 Å². The second-order valence-corrected chi connectivity index (χ2v) is 5.50. The molecule has 0 unspecified atom stereocenters. The van der Waals surface area contributed by atoms with Gasteiger partial charge in [0.05, 0.1) is 5.16 Å². The third-order valence-corrected chi connectivity index (χ3v) is 3.81. The van der Waals surface area contributed by atoms with Crippen LogP contribution in [0.25, 0.3) is 22.3 Å². The largest absolute Gasteiger partial charge is 0.205 e. The molecule has 3 rings (SSSR count). The minimum Gasteiger partial charge on any atom is -0.205 e. The highest BCUT2D eigenvalue weighted by molar-refractivity contribution is 7.78. The Balaban J connectivity index is 1.91. The van der Waals surface area contributed by atoms with Gasteiger partial charge < -0.3 is 0 Å². The lowest BCUT2D eigenvalue weighted by Gasteiger charge is -2.06. The molecule has 0 aliphatic rings. The predicted octanol–water partition coefficient (Wildman–Crippen LogP) is 6.20. The van der Waals surface area contributed by atoms with E-state index in [9.17, 15) is 4.39 Å². The van der Waals surface area contributed by atoms with Gasteiger partial charge in [0.15, 0.2) is 0 Å². The van der Waals surface area contributed by atoms with Crippen molar-refractivity contribution >= 4 is 23.1 Å². The van der Waals surface area contributed by atoms with Crippen LogP contribution in [-0.2, 0) is 0 Å². The molecule has 23 heavy (non-hydrogen) atoms. The Bertz CT molecular complexity index is 877. The minimum absolute atomic E-state index is 0.208. The Morgan fingerprint density at radius 1 is 0.783 bits per heavy atom. The fourth-order valence-electron chi connectivity index (χ4n) is 2.43. The van der Waals surface area contributed by atoms with Crippen LogP contribution in [0.1, 0.15) is 5.56 Å². The standard InChI is InChI=1S/C20H14FNS/c1-14-2-4-15(5-3-14)16-6-8-17(9-7-16)18-10-11-20(22-13-23)19(21)12-18/h2-12H,1H3. The molecule has 3 aromatic carbocycles. The lowest BCUT2D eigenvalue weighted by atomic mass is 9.99. The zero-order valence-corrected chi connectivity index (χ0v) is 13.4. The summed E-state index contributed by atoms with van der Waals surface area (Å²) in [5, 5.41) is 2.18. The van der Waals surface area contributed by atoms with Gasteiger partial charge in [0.1, 0.15) is 11.5 Å². The normalized spacial score (nSPS) is 10.2. The van der Waals surface area contributed by atoms with E-state index in [1.54, 1.807) is 6.07 Å². The van der Waals surface area contributed by atoms with E-state index >= 15 is 0 Å². The first-order valence-electron chi connectivity index (χ1n) is 7.22. The number of nitrogens with zero attached hydrogens (tertiary/aromatic N) is 1. The molecule has 1 nitrogen and oxygen atoms in total. The van der Waals surface area contributed by atoms with E-state index in [0.717, 1.165) is 16.7 Å². The van der Waals surface area contributed by atoms with Crippen molar-refractivity contribution in [2.75, 3.05) is 0 Å². The molecule has 3 heteroatoms. The summed E-state index contributed by atoms with van der Waals surface area (Å²) in [5.41, 5.74) is 5.51. The van der Waals surface area contributed by atoms with Crippen molar-refractivity contribution in [2.45, 2.75) is 6.92 Å². The average molecular weight is 319 g/mol. The molecule has 0 saturated carbocycles. The molecule has 0 fully saturated rings. The zero-order chi connectivity index (χ0) is 16.2. The Kier molecular flexibility index (Phi) is 4.42. The summed E-state index contributed by atoms with van der Waals surface area (Å²) in [4.78, 5) is 3.69. The van der Waals surface area contributed by atoms with Gasteiger partial charge in [-0.05, 0) is 53.5 Å². The SMILES string of the molecule is Cc1ccc(-c2ccc(-c3ccc(N=C=S)c(F)c3)cc2)cc1. The topological polar surface area (TPSA) is 12.4 Å². The van der Waals surface area contributed by atoms with E-state index in [0.29, 0.717) is 0 Å². The molecule has 0 aliphatic heterocycles. The van der Waals surface area contributed by atoms with Gasteiger partial charge in [0, 0.05) is 0 Å². The van der Waals surface area contributed by atoms with Crippen molar-refractivity contribution in [1.29, 1.82) is 0 Å². The van der Waals surface area contributed by atoms with Gasteiger partial charge in [0.2, 0.25) is 0 Å². The number of aryl methyl sites for hydroxylation is 1. The monoisotopic (exact) mass is 319 g/mol. The summed E-state index contributed by atoms with van der Waals surface area (Å²) in [6.07, 6.45) is 0. The molecular weight excluding hydrogens is 305 g/mol. The van der Waals surface area contributed by atoms with Gasteiger partial charge in [-0.25, -0.2) is 4.39 Å². The number of aliphatic imine (C=N–C) groups is 1. The highest BCUT2D eigenvalue weighted by Gasteiger charge is 2.05. The lowest BCUT2D eigenvalue weighted by molar-refractivity contribution is 0.630. The molecule has 0 bridgehead atoms. The van der Waals surface area contributed by atoms with Crippen LogP contribution in [0.2, 0.25) is 0 Å². The zero-order valence-electron chi connectivity index (χ0n) is 12.6. The predicted molar refractivity (Wildman–Crippen MR) is 96.7 cm³/mol. The van der Waals surface area contributed by atoms with Crippen molar-refractivity contribution in [3.63, 3.8) is 0 Å². The van der Waals surface area contributed by atoms with Gasteiger partial charge in [-0.15, -0.1) is 0 Å². The van der Waals surface area contributed by atoms with Gasteiger partial charge >= 0.3 is 0 Å². The quantitative estimate of drug-likeness (QED) is 0.413. The molecule has 3 aromatic rings. The molecule has 0 heterocycles. The van der Waals surface area contributed by atoms with Crippen LogP contribution >= 0.6 is 12.2 Å². The molecular formula is C20H14FNS. The Morgan fingerprint density at radius 3 is 1.78 bits per heavy atom. The van der Waals surface area contributed by atoms with E-state index in [-0.39, 0.29) is 5.69 Å². The molecule has 0 amide bonds. The van der Waals surface area contributed by atoms with Crippen LogP contribution in [0.4, 0.5) is 10.1 Å². The molecule has 0 atom stereocenters. The van der Waals surface area contributed by atoms with Crippen molar-refractivity contribution in [2.24, 2.45) is 4.99 Å². The van der Waals surface area contributed by atoms with Crippen LogP contribution < -0.4 is 0 Å². The number of thiocarbonyl (C=S) groups is 1. The molecule has 0 radical (unpaired) electrons. The number of hydrogen-bond acceptors (Lipinski definition) is 2. The third-order valence-electron chi connectivity index (χ3n) is 3.72. The third kappa shape index (κ3) is 3.42. The fourth-order valence-corrected chi connectivity index (χ4v) is 2.53. The molecule has 0 aliphatic carbocycles. The summed E-state index contributed by atoms with van der Waals surface area (Å²) in [6.45, 7) is 2.07. The smallest absolute Gasteiger partial charge is 0.150 e. The van der Waals surface area contributed by atoms with Gasteiger partial charge in [-0.2, -0.15) is 4.99 Å². The van der Waals surface area contributed by atoms with Crippen LogP contribution in [0.5, 0.6) is 0 Å². The first-order valence-corrected chi connectivity index (χ1v) is 7.63. The first-order chi connectivity index (χ1) is 11.2. The van der Waals surface area contributed by atoms with Crippen molar-refractivity contribution in [1.82, 2.24) is 0 Å². The maximum atomic E-state index is 13.9. The number of isothiocyanates is 1. The second-order valence-electron chi connectivity index (χ2n) is 5.31. The molecule has 0 aromatic heterocycles. The minimum atomic E-state index is -0.400. The number of hydrogen-bond donors (Lipinski definition) is 0. The fraction of sp³-hybridized carbons (Fsp3) is 0.0500. The van der Waals surface area contributed by atoms with Crippen molar-refractivity contribution in [3.8, 4) is 22.3 Å². The highest BCUT2D eigenvalue weighted by Crippen LogP contribution is 2.28. The van der Waals surface area contributed by atoms with Crippen LogP contribution in [-0.4, -0.2) is 5.16 Å². The lowest BCUT2D eigenvalue weighted by Crippen LogP contribution is -1.83. The van der Waals surface area contributed by atoms with Gasteiger partial charge in [-0.1, -0.05) is 60.2 Å². The van der Waals surface area contributed by atoms with E-state index in [4.69, 9.17) is 0 Å². The summed E-state index contributed by atoms with van der Waals surface area (Å²) in [5.74, 6) is -0.400. The Hall–Kier alpha value is -2.61. The number of rotatable bonds is 3. The Morgan fingerprint density at radius 2 is 1.26 bits per heavy atom. The average Bonchev–Trinajstić information content (AvgIpc) is 2.58. The van der Waals surface area contributed by atoms with Crippen molar-refractivity contribution < 1.29 is 4.39 Å². The first kappa shape index (κ1) is 15.3. The maximum absolute atomic E-state index is 13.9. The molecule has 0 saturated heterocycles. The molecule has 0 spiro atoms. The van der Waals surface area contributed by atoms with Gasteiger partial charge in [0.25, 0.3) is 0 Å². The van der Waals surface area contributed by atoms with Gasteiger partial charge in [-0.3, -0.25) is 0 Å².